The molecule has 0 aliphatic heterocycles. The minimum atomic E-state index is -0.357. The van der Waals surface area contributed by atoms with Gasteiger partial charge in [-0.05, 0) is 31.4 Å². The van der Waals surface area contributed by atoms with Crippen molar-refractivity contribution in [1.82, 2.24) is 0 Å². The van der Waals surface area contributed by atoms with E-state index < -0.39 is 0 Å². The molecule has 110 valence electrons. The van der Waals surface area contributed by atoms with Crippen LogP contribution in [-0.4, -0.2) is 24.2 Å². The average Bonchev–Trinajstić information content (AvgIpc) is 2.44. The molecule has 0 amide bonds. The predicted octanol–water partition coefficient (Wildman–Crippen LogP) is 3.66. The molecule has 0 heterocycles. The van der Waals surface area contributed by atoms with E-state index in [0.717, 1.165) is 18.4 Å². The highest BCUT2D eigenvalue weighted by Crippen LogP contribution is 2.25. The van der Waals surface area contributed by atoms with Crippen LogP contribution in [0.4, 0.5) is 11.4 Å². The molecule has 5 heteroatoms. The fourth-order valence-corrected chi connectivity index (χ4v) is 2.59. The monoisotopic (exact) mass is 278 g/mol. The summed E-state index contributed by atoms with van der Waals surface area (Å²) in [5.74, 6) is 0. The number of nitro benzene ring substituents is 1. The summed E-state index contributed by atoms with van der Waals surface area (Å²) in [4.78, 5) is 10.6. The molecule has 0 aromatic heterocycles. The molecule has 0 bridgehead atoms. The molecule has 0 saturated heterocycles. The van der Waals surface area contributed by atoms with E-state index in [2.05, 4.69) is 5.32 Å². The number of ether oxygens (including phenoxy) is 1. The maximum atomic E-state index is 10.9. The first-order valence-electron chi connectivity index (χ1n) is 7.27. The van der Waals surface area contributed by atoms with Crippen molar-refractivity contribution in [2.45, 2.75) is 45.1 Å². The Hall–Kier alpha value is -1.62. The predicted molar refractivity (Wildman–Crippen MR) is 79.1 cm³/mol. The summed E-state index contributed by atoms with van der Waals surface area (Å²) in [6, 6.07) is 5.10. The minimum absolute atomic E-state index is 0.119. The molecular formula is C15H22N2O3. The lowest BCUT2D eigenvalue weighted by Gasteiger charge is -2.22. The van der Waals surface area contributed by atoms with Crippen LogP contribution in [0.5, 0.6) is 0 Å². The molecule has 1 aromatic carbocycles. The molecule has 2 rings (SSSR count). The van der Waals surface area contributed by atoms with E-state index in [1.807, 2.05) is 6.92 Å². The van der Waals surface area contributed by atoms with Crippen molar-refractivity contribution in [3.05, 3.63) is 33.9 Å². The Morgan fingerprint density at radius 1 is 1.35 bits per heavy atom. The van der Waals surface area contributed by atoms with Gasteiger partial charge in [0.2, 0.25) is 0 Å². The molecule has 1 aliphatic carbocycles. The van der Waals surface area contributed by atoms with Crippen molar-refractivity contribution in [2.24, 2.45) is 0 Å². The number of hydrogen-bond acceptors (Lipinski definition) is 4. The fourth-order valence-electron chi connectivity index (χ4n) is 2.59. The van der Waals surface area contributed by atoms with Gasteiger partial charge in [-0.1, -0.05) is 25.3 Å². The van der Waals surface area contributed by atoms with E-state index in [9.17, 15) is 10.1 Å². The molecule has 1 saturated carbocycles. The van der Waals surface area contributed by atoms with Gasteiger partial charge in [0.25, 0.3) is 5.69 Å². The lowest BCUT2D eigenvalue weighted by molar-refractivity contribution is -0.384. The second kappa shape index (κ2) is 7.24. The topological polar surface area (TPSA) is 64.4 Å². The fraction of sp³-hybridized carbons (Fsp3) is 0.600. The third-order valence-corrected chi connectivity index (χ3v) is 3.67. The SMILES string of the molecule is Cc1ccc([N+](=O)[O-])c(NCCOC2CCCCC2)c1. The first-order valence-corrected chi connectivity index (χ1v) is 7.27. The van der Waals surface area contributed by atoms with Gasteiger partial charge in [0.1, 0.15) is 5.69 Å². The van der Waals surface area contributed by atoms with Gasteiger partial charge >= 0.3 is 0 Å². The zero-order valence-electron chi connectivity index (χ0n) is 11.9. The molecular weight excluding hydrogens is 256 g/mol. The van der Waals surface area contributed by atoms with Gasteiger partial charge in [-0.3, -0.25) is 10.1 Å². The molecule has 1 aliphatic rings. The van der Waals surface area contributed by atoms with E-state index >= 15 is 0 Å². The van der Waals surface area contributed by atoms with Crippen molar-refractivity contribution >= 4 is 11.4 Å². The Morgan fingerprint density at radius 3 is 2.80 bits per heavy atom. The summed E-state index contributed by atoms with van der Waals surface area (Å²) < 4.78 is 5.80. The zero-order valence-corrected chi connectivity index (χ0v) is 11.9. The van der Waals surface area contributed by atoms with Gasteiger partial charge < -0.3 is 10.1 Å². The highest BCUT2D eigenvalue weighted by atomic mass is 16.6. The Morgan fingerprint density at radius 2 is 2.10 bits per heavy atom. The number of hydrogen-bond donors (Lipinski definition) is 1. The third-order valence-electron chi connectivity index (χ3n) is 3.67. The van der Waals surface area contributed by atoms with E-state index in [0.29, 0.717) is 24.9 Å². The molecule has 20 heavy (non-hydrogen) atoms. The van der Waals surface area contributed by atoms with Gasteiger partial charge in [0, 0.05) is 12.6 Å². The number of nitrogens with one attached hydrogen (secondary N) is 1. The molecule has 1 fully saturated rings. The summed E-state index contributed by atoms with van der Waals surface area (Å²) in [6.07, 6.45) is 6.48. The second-order valence-electron chi connectivity index (χ2n) is 5.34. The quantitative estimate of drug-likeness (QED) is 0.490. The van der Waals surface area contributed by atoms with Gasteiger partial charge in [0.05, 0.1) is 17.6 Å². The highest BCUT2D eigenvalue weighted by Gasteiger charge is 2.15. The highest BCUT2D eigenvalue weighted by molar-refractivity contribution is 5.62. The Labute approximate surface area is 119 Å². The lowest BCUT2D eigenvalue weighted by Crippen LogP contribution is -2.20. The van der Waals surface area contributed by atoms with Crippen LogP contribution in [0.15, 0.2) is 18.2 Å². The van der Waals surface area contributed by atoms with Crippen LogP contribution in [0.1, 0.15) is 37.7 Å². The number of nitrogens with zero attached hydrogens (tertiary/aromatic N) is 1. The van der Waals surface area contributed by atoms with E-state index in [1.165, 1.54) is 19.3 Å². The van der Waals surface area contributed by atoms with E-state index in [-0.39, 0.29) is 10.6 Å². The Balaban J connectivity index is 1.81. The van der Waals surface area contributed by atoms with Crippen LogP contribution in [0.3, 0.4) is 0 Å². The Bertz CT molecular complexity index is 456. The number of aryl methyl sites for hydroxylation is 1. The average molecular weight is 278 g/mol. The maximum absolute atomic E-state index is 10.9. The van der Waals surface area contributed by atoms with Crippen LogP contribution in [0, 0.1) is 17.0 Å². The zero-order chi connectivity index (χ0) is 14.4. The van der Waals surface area contributed by atoms with E-state index in [1.54, 1.807) is 18.2 Å². The summed E-state index contributed by atoms with van der Waals surface area (Å²) in [5, 5.41) is 14.1. The smallest absolute Gasteiger partial charge is 0.292 e. The minimum Gasteiger partial charge on any atom is -0.377 e. The van der Waals surface area contributed by atoms with Gasteiger partial charge in [0.15, 0.2) is 0 Å². The van der Waals surface area contributed by atoms with Crippen LogP contribution in [-0.2, 0) is 4.74 Å². The largest absolute Gasteiger partial charge is 0.377 e. The molecule has 1 N–H and O–H groups in total. The van der Waals surface area contributed by atoms with Crippen LogP contribution < -0.4 is 5.32 Å². The third kappa shape index (κ3) is 4.20. The van der Waals surface area contributed by atoms with Crippen molar-refractivity contribution in [2.75, 3.05) is 18.5 Å². The van der Waals surface area contributed by atoms with Crippen molar-refractivity contribution in [3.8, 4) is 0 Å². The standard InChI is InChI=1S/C15H22N2O3/c1-12-7-8-15(17(18)19)14(11-12)16-9-10-20-13-5-3-2-4-6-13/h7-8,11,13,16H,2-6,9-10H2,1H3. The van der Waals surface area contributed by atoms with Gasteiger partial charge in [-0.15, -0.1) is 0 Å². The van der Waals surface area contributed by atoms with Crippen molar-refractivity contribution in [3.63, 3.8) is 0 Å². The summed E-state index contributed by atoms with van der Waals surface area (Å²) in [6.45, 7) is 3.12. The molecule has 0 unspecified atom stereocenters. The first kappa shape index (κ1) is 14.8. The van der Waals surface area contributed by atoms with Crippen molar-refractivity contribution in [1.29, 1.82) is 0 Å². The molecule has 5 nitrogen and oxygen atoms in total. The number of rotatable bonds is 6. The van der Waals surface area contributed by atoms with Crippen LogP contribution in [0.2, 0.25) is 0 Å². The number of benzene rings is 1. The Kier molecular flexibility index (Phi) is 5.35. The van der Waals surface area contributed by atoms with Crippen LogP contribution >= 0.6 is 0 Å². The summed E-state index contributed by atoms with van der Waals surface area (Å²) >= 11 is 0. The number of nitro groups is 1. The second-order valence-corrected chi connectivity index (χ2v) is 5.34. The molecule has 0 atom stereocenters. The van der Waals surface area contributed by atoms with Gasteiger partial charge in [-0.2, -0.15) is 0 Å². The summed E-state index contributed by atoms with van der Waals surface area (Å²) in [7, 11) is 0. The number of anilines is 1. The first-order chi connectivity index (χ1) is 9.66. The molecule has 0 radical (unpaired) electrons. The summed E-state index contributed by atoms with van der Waals surface area (Å²) in [5.41, 5.74) is 1.70. The normalized spacial score (nSPS) is 16.1. The van der Waals surface area contributed by atoms with Crippen LogP contribution in [0.25, 0.3) is 0 Å². The van der Waals surface area contributed by atoms with E-state index in [4.69, 9.17) is 4.74 Å². The van der Waals surface area contributed by atoms with Crippen molar-refractivity contribution < 1.29 is 9.66 Å². The lowest BCUT2D eigenvalue weighted by atomic mass is 9.98. The maximum Gasteiger partial charge on any atom is 0.292 e. The van der Waals surface area contributed by atoms with Gasteiger partial charge in [-0.25, -0.2) is 0 Å². The molecule has 1 aromatic rings. The molecule has 0 spiro atoms.